The SMILES string of the molecule is c1ccc(CCCC2CCC3CC3C2)cc1. The van der Waals surface area contributed by atoms with Crippen molar-refractivity contribution >= 4 is 0 Å². The minimum Gasteiger partial charge on any atom is -0.0622 e. The molecule has 2 saturated carbocycles. The number of fused-ring (bicyclic) bond motifs is 1. The molecule has 0 bridgehead atoms. The van der Waals surface area contributed by atoms with Crippen LogP contribution >= 0.6 is 0 Å². The van der Waals surface area contributed by atoms with Gasteiger partial charge in [-0.05, 0) is 55.4 Å². The van der Waals surface area contributed by atoms with Gasteiger partial charge < -0.3 is 0 Å². The monoisotopic (exact) mass is 214 g/mol. The van der Waals surface area contributed by atoms with Crippen LogP contribution in [0, 0.1) is 17.8 Å². The van der Waals surface area contributed by atoms with Crippen LogP contribution in [-0.4, -0.2) is 0 Å². The fourth-order valence-corrected chi connectivity index (χ4v) is 3.45. The highest BCUT2D eigenvalue weighted by Crippen LogP contribution is 2.52. The first-order chi connectivity index (χ1) is 7.92. The van der Waals surface area contributed by atoms with Crippen molar-refractivity contribution in [1.29, 1.82) is 0 Å². The minimum atomic E-state index is 1.06. The summed E-state index contributed by atoms with van der Waals surface area (Å²) in [6, 6.07) is 10.9. The van der Waals surface area contributed by atoms with Gasteiger partial charge in [0.05, 0.1) is 0 Å². The normalized spacial score (nSPS) is 32.1. The summed E-state index contributed by atoms with van der Waals surface area (Å²) in [5.41, 5.74) is 1.52. The predicted molar refractivity (Wildman–Crippen MR) is 68.3 cm³/mol. The van der Waals surface area contributed by atoms with Gasteiger partial charge in [0.25, 0.3) is 0 Å². The van der Waals surface area contributed by atoms with E-state index in [2.05, 4.69) is 30.3 Å². The van der Waals surface area contributed by atoms with Crippen molar-refractivity contribution in [2.75, 3.05) is 0 Å². The van der Waals surface area contributed by atoms with Crippen LogP contribution in [0.4, 0.5) is 0 Å². The van der Waals surface area contributed by atoms with E-state index in [1.54, 1.807) is 19.3 Å². The molecule has 0 amide bonds. The van der Waals surface area contributed by atoms with Crippen LogP contribution in [0.2, 0.25) is 0 Å². The average molecular weight is 214 g/mol. The Bertz CT molecular complexity index is 327. The van der Waals surface area contributed by atoms with E-state index in [4.69, 9.17) is 0 Å². The van der Waals surface area contributed by atoms with E-state index in [-0.39, 0.29) is 0 Å². The Labute approximate surface area is 99.1 Å². The van der Waals surface area contributed by atoms with E-state index < -0.39 is 0 Å². The van der Waals surface area contributed by atoms with Gasteiger partial charge >= 0.3 is 0 Å². The highest BCUT2D eigenvalue weighted by molar-refractivity contribution is 5.14. The Morgan fingerprint density at radius 2 is 1.81 bits per heavy atom. The number of aryl methyl sites for hydroxylation is 1. The van der Waals surface area contributed by atoms with E-state index in [0.717, 1.165) is 17.8 Å². The number of benzene rings is 1. The third kappa shape index (κ3) is 2.48. The average Bonchev–Trinajstić information content (AvgIpc) is 3.09. The van der Waals surface area contributed by atoms with Gasteiger partial charge in [0.2, 0.25) is 0 Å². The Hall–Kier alpha value is -0.780. The maximum atomic E-state index is 2.26. The summed E-state index contributed by atoms with van der Waals surface area (Å²) >= 11 is 0. The molecule has 3 unspecified atom stereocenters. The lowest BCUT2D eigenvalue weighted by atomic mass is 9.85. The molecular formula is C16H22. The molecule has 0 saturated heterocycles. The van der Waals surface area contributed by atoms with Gasteiger partial charge in [-0.25, -0.2) is 0 Å². The van der Waals surface area contributed by atoms with Crippen LogP contribution in [0.15, 0.2) is 30.3 Å². The van der Waals surface area contributed by atoms with Gasteiger partial charge in [-0.15, -0.1) is 0 Å². The molecule has 3 atom stereocenters. The zero-order chi connectivity index (χ0) is 10.8. The molecule has 1 aromatic rings. The number of rotatable bonds is 4. The zero-order valence-corrected chi connectivity index (χ0v) is 10.1. The minimum absolute atomic E-state index is 1.06. The summed E-state index contributed by atoms with van der Waals surface area (Å²) in [6.45, 7) is 0. The first-order valence-corrected chi connectivity index (χ1v) is 6.96. The van der Waals surface area contributed by atoms with Gasteiger partial charge in [0.1, 0.15) is 0 Å². The summed E-state index contributed by atoms with van der Waals surface area (Å²) in [5.74, 6) is 3.37. The molecule has 3 rings (SSSR count). The lowest BCUT2D eigenvalue weighted by molar-refractivity contribution is 0.319. The summed E-state index contributed by atoms with van der Waals surface area (Å²) < 4.78 is 0. The first kappa shape index (κ1) is 10.4. The largest absolute Gasteiger partial charge is 0.0622 e. The fourth-order valence-electron chi connectivity index (χ4n) is 3.45. The van der Waals surface area contributed by atoms with E-state index >= 15 is 0 Å². The smallest absolute Gasteiger partial charge is 0.0279 e. The van der Waals surface area contributed by atoms with Crippen molar-refractivity contribution < 1.29 is 0 Å². The molecule has 86 valence electrons. The molecular weight excluding hydrogens is 192 g/mol. The molecule has 0 aliphatic heterocycles. The van der Waals surface area contributed by atoms with Crippen molar-refractivity contribution in [2.45, 2.75) is 44.9 Å². The van der Waals surface area contributed by atoms with Gasteiger partial charge in [0, 0.05) is 0 Å². The van der Waals surface area contributed by atoms with Gasteiger partial charge in [-0.3, -0.25) is 0 Å². The number of hydrogen-bond acceptors (Lipinski definition) is 0. The van der Waals surface area contributed by atoms with Crippen molar-refractivity contribution in [3.8, 4) is 0 Å². The molecule has 0 heterocycles. The van der Waals surface area contributed by atoms with E-state index in [1.807, 2.05) is 0 Å². The highest BCUT2D eigenvalue weighted by Gasteiger charge is 2.41. The Kier molecular flexibility index (Phi) is 2.99. The molecule has 0 heteroatoms. The number of hydrogen-bond donors (Lipinski definition) is 0. The predicted octanol–water partition coefficient (Wildman–Crippen LogP) is 4.45. The molecule has 2 aliphatic rings. The molecule has 16 heavy (non-hydrogen) atoms. The fraction of sp³-hybridized carbons (Fsp3) is 0.625. The summed E-state index contributed by atoms with van der Waals surface area (Å²) in [5, 5.41) is 0. The molecule has 0 aromatic heterocycles. The second-order valence-corrected chi connectivity index (χ2v) is 5.81. The van der Waals surface area contributed by atoms with E-state index in [1.165, 1.54) is 31.2 Å². The lowest BCUT2D eigenvalue weighted by Gasteiger charge is -2.20. The van der Waals surface area contributed by atoms with Crippen molar-refractivity contribution in [3.05, 3.63) is 35.9 Å². The first-order valence-electron chi connectivity index (χ1n) is 6.96. The van der Waals surface area contributed by atoms with Gasteiger partial charge in [0.15, 0.2) is 0 Å². The van der Waals surface area contributed by atoms with Crippen LogP contribution in [0.1, 0.15) is 44.1 Å². The van der Waals surface area contributed by atoms with Crippen molar-refractivity contribution in [3.63, 3.8) is 0 Å². The molecule has 0 spiro atoms. The third-order valence-corrected chi connectivity index (χ3v) is 4.57. The summed E-state index contributed by atoms with van der Waals surface area (Å²) in [6.07, 6.45) is 10.3. The van der Waals surface area contributed by atoms with Crippen LogP contribution in [-0.2, 0) is 6.42 Å². The van der Waals surface area contributed by atoms with E-state index in [9.17, 15) is 0 Å². The Balaban J connectivity index is 1.40. The molecule has 0 radical (unpaired) electrons. The maximum Gasteiger partial charge on any atom is -0.0279 e. The van der Waals surface area contributed by atoms with Crippen molar-refractivity contribution in [1.82, 2.24) is 0 Å². The van der Waals surface area contributed by atoms with E-state index in [0.29, 0.717) is 0 Å². The molecule has 0 nitrogen and oxygen atoms in total. The van der Waals surface area contributed by atoms with Crippen molar-refractivity contribution in [2.24, 2.45) is 17.8 Å². The Morgan fingerprint density at radius 1 is 0.938 bits per heavy atom. The topological polar surface area (TPSA) is 0 Å². The second kappa shape index (κ2) is 4.61. The Morgan fingerprint density at radius 3 is 2.62 bits per heavy atom. The molecule has 2 aliphatic carbocycles. The highest BCUT2D eigenvalue weighted by atomic mass is 14.5. The van der Waals surface area contributed by atoms with Gasteiger partial charge in [-0.2, -0.15) is 0 Å². The molecule has 0 N–H and O–H groups in total. The zero-order valence-electron chi connectivity index (χ0n) is 10.1. The molecule has 1 aromatic carbocycles. The van der Waals surface area contributed by atoms with Crippen LogP contribution in [0.25, 0.3) is 0 Å². The quantitative estimate of drug-likeness (QED) is 0.695. The van der Waals surface area contributed by atoms with Crippen LogP contribution < -0.4 is 0 Å². The third-order valence-electron chi connectivity index (χ3n) is 4.57. The van der Waals surface area contributed by atoms with Gasteiger partial charge in [-0.1, -0.05) is 43.2 Å². The van der Waals surface area contributed by atoms with Crippen LogP contribution in [0.5, 0.6) is 0 Å². The summed E-state index contributed by atoms with van der Waals surface area (Å²) in [7, 11) is 0. The standard InChI is InChI=1S/C16H22/c1-2-5-13(6-3-1)7-4-8-14-9-10-15-12-16(15)11-14/h1-3,5-6,14-16H,4,7-12H2. The lowest BCUT2D eigenvalue weighted by Crippen LogP contribution is -2.08. The summed E-state index contributed by atoms with van der Waals surface area (Å²) in [4.78, 5) is 0. The maximum absolute atomic E-state index is 2.26. The van der Waals surface area contributed by atoms with Crippen LogP contribution in [0.3, 0.4) is 0 Å². The molecule has 2 fully saturated rings. The second-order valence-electron chi connectivity index (χ2n) is 5.81.